The van der Waals surface area contributed by atoms with Crippen LogP contribution in [0, 0.1) is 0 Å². The molecule has 0 aliphatic carbocycles. The molecule has 0 aliphatic rings. The van der Waals surface area contributed by atoms with Crippen LogP contribution < -0.4 is 5.32 Å². The van der Waals surface area contributed by atoms with E-state index in [0.29, 0.717) is 23.9 Å². The molecule has 3 unspecified atom stereocenters. The highest BCUT2D eigenvalue weighted by Crippen LogP contribution is 2.43. The number of likely N-dealkylation sites (N-methyl/N-ethyl adjacent to an activating group) is 1. The van der Waals surface area contributed by atoms with E-state index in [1.807, 2.05) is 33.3 Å². The summed E-state index contributed by atoms with van der Waals surface area (Å²) in [6.45, 7) is 4.67. The molecule has 9 heteroatoms. The second-order valence-electron chi connectivity index (χ2n) is 13.6. The minimum Gasteiger partial charge on any atom is -0.391 e. The second-order valence-corrected chi connectivity index (χ2v) is 15.0. The lowest BCUT2D eigenvalue weighted by molar-refractivity contribution is -0.870. The number of aliphatic hydroxyl groups is 1. The van der Waals surface area contributed by atoms with Gasteiger partial charge >= 0.3 is 7.82 Å². The molecule has 0 spiro atoms. The first-order chi connectivity index (χ1) is 22.5. The molecule has 3 N–H and O–H groups in total. The van der Waals surface area contributed by atoms with Gasteiger partial charge in [0.05, 0.1) is 39.9 Å². The van der Waals surface area contributed by atoms with E-state index in [4.69, 9.17) is 9.05 Å². The number of quaternary nitrogens is 1. The summed E-state index contributed by atoms with van der Waals surface area (Å²) in [5, 5.41) is 13.8. The number of nitrogens with one attached hydrogen (secondary N) is 1. The van der Waals surface area contributed by atoms with Gasteiger partial charge < -0.3 is 19.8 Å². The molecule has 8 nitrogen and oxygen atoms in total. The summed E-state index contributed by atoms with van der Waals surface area (Å²) in [4.78, 5) is 22.9. The normalized spacial score (nSPS) is 15.3. The van der Waals surface area contributed by atoms with E-state index in [0.717, 1.165) is 44.9 Å². The van der Waals surface area contributed by atoms with E-state index in [9.17, 15) is 19.4 Å². The maximum absolute atomic E-state index is 12.7. The molecule has 0 aromatic heterocycles. The number of phosphoric ester groups is 1. The first kappa shape index (κ1) is 45.5. The lowest BCUT2D eigenvalue weighted by atomic mass is 10.0. The minimum atomic E-state index is -4.32. The van der Waals surface area contributed by atoms with Crippen molar-refractivity contribution in [3.8, 4) is 0 Å². The predicted molar refractivity (Wildman–Crippen MR) is 198 cm³/mol. The van der Waals surface area contributed by atoms with Crippen LogP contribution in [0.3, 0.4) is 0 Å². The van der Waals surface area contributed by atoms with Crippen molar-refractivity contribution < 1.29 is 32.9 Å². The highest BCUT2D eigenvalue weighted by Gasteiger charge is 2.28. The topological polar surface area (TPSA) is 105 Å². The summed E-state index contributed by atoms with van der Waals surface area (Å²) >= 11 is 0. The Hall–Kier alpha value is -1.54. The van der Waals surface area contributed by atoms with Gasteiger partial charge in [0.1, 0.15) is 13.2 Å². The fraction of sp³-hybridized carbons (Fsp3) is 0.763. The standard InChI is InChI=1S/C38H71N2O6P/c1-6-8-10-12-14-16-18-20-22-24-26-28-30-32-38(42)39-36(35-46-47(43,44)45-34-33-40(3,4)5)37(41)31-29-27-25-23-21-19-17-15-13-11-9-7-2/h8,10,14,16,20,22,26,28,36-37,41H,6-7,9,11-13,15,17-19,21,23-25,27,29-35H2,1-5H3,(H-,39,42,43,44)/p+1/b10-8-,16-14-,22-20-,28-26-. The Morgan fingerprint density at radius 3 is 1.74 bits per heavy atom. The number of unbranched alkanes of at least 4 members (excludes halogenated alkanes) is 11. The lowest BCUT2D eigenvalue weighted by Gasteiger charge is -2.26. The van der Waals surface area contributed by atoms with Crippen molar-refractivity contribution in [3.05, 3.63) is 48.6 Å². The quantitative estimate of drug-likeness (QED) is 0.0283. The van der Waals surface area contributed by atoms with Crippen molar-refractivity contribution in [2.24, 2.45) is 0 Å². The van der Waals surface area contributed by atoms with Crippen LogP contribution in [0.4, 0.5) is 0 Å². The van der Waals surface area contributed by atoms with Crippen molar-refractivity contribution in [1.82, 2.24) is 5.32 Å². The minimum absolute atomic E-state index is 0.0601. The summed E-state index contributed by atoms with van der Waals surface area (Å²) in [5.74, 6) is -0.228. The van der Waals surface area contributed by atoms with Gasteiger partial charge in [0.25, 0.3) is 0 Å². The van der Waals surface area contributed by atoms with Crippen molar-refractivity contribution in [2.45, 2.75) is 148 Å². The van der Waals surface area contributed by atoms with E-state index >= 15 is 0 Å². The van der Waals surface area contributed by atoms with E-state index in [2.05, 4.69) is 55.6 Å². The van der Waals surface area contributed by atoms with E-state index < -0.39 is 20.0 Å². The van der Waals surface area contributed by atoms with Gasteiger partial charge in [0.15, 0.2) is 0 Å². The van der Waals surface area contributed by atoms with Crippen molar-refractivity contribution in [3.63, 3.8) is 0 Å². The molecule has 0 rings (SSSR count). The first-order valence-corrected chi connectivity index (χ1v) is 20.0. The Labute approximate surface area is 289 Å². The zero-order valence-corrected chi connectivity index (χ0v) is 31.6. The third kappa shape index (κ3) is 32.8. The van der Waals surface area contributed by atoms with Crippen LogP contribution in [0.15, 0.2) is 48.6 Å². The molecule has 3 atom stereocenters. The van der Waals surface area contributed by atoms with Crippen LogP contribution in [-0.2, 0) is 18.4 Å². The molecule has 0 aromatic carbocycles. The summed E-state index contributed by atoms with van der Waals surface area (Å²) in [5.41, 5.74) is 0. The molecule has 0 saturated carbocycles. The number of rotatable bonds is 32. The van der Waals surface area contributed by atoms with Crippen molar-refractivity contribution in [2.75, 3.05) is 40.9 Å². The Kier molecular flexibility index (Phi) is 29.5. The second kappa shape index (κ2) is 30.5. The van der Waals surface area contributed by atoms with Crippen LogP contribution in [0.5, 0.6) is 0 Å². The summed E-state index contributed by atoms with van der Waals surface area (Å²) in [6.07, 6.45) is 35.8. The van der Waals surface area contributed by atoms with Gasteiger partial charge in [-0.2, -0.15) is 0 Å². The maximum Gasteiger partial charge on any atom is 0.472 e. The van der Waals surface area contributed by atoms with Gasteiger partial charge in [-0.25, -0.2) is 4.57 Å². The molecular weight excluding hydrogens is 611 g/mol. The Balaban J connectivity index is 4.63. The number of amides is 1. The van der Waals surface area contributed by atoms with E-state index in [1.54, 1.807) is 0 Å². The molecular formula is C38H72N2O6P+. The first-order valence-electron chi connectivity index (χ1n) is 18.5. The molecule has 0 aliphatic heterocycles. The van der Waals surface area contributed by atoms with Crippen LogP contribution in [0.25, 0.3) is 0 Å². The van der Waals surface area contributed by atoms with Crippen molar-refractivity contribution >= 4 is 13.7 Å². The van der Waals surface area contributed by atoms with Crippen LogP contribution >= 0.6 is 7.82 Å². The average molecular weight is 684 g/mol. The number of nitrogens with zero attached hydrogens (tertiary/aromatic N) is 1. The largest absolute Gasteiger partial charge is 0.472 e. The van der Waals surface area contributed by atoms with Gasteiger partial charge in [0, 0.05) is 6.42 Å². The van der Waals surface area contributed by atoms with Crippen LogP contribution in [0.2, 0.25) is 0 Å². The Morgan fingerprint density at radius 1 is 0.745 bits per heavy atom. The van der Waals surface area contributed by atoms with E-state index in [-0.39, 0.29) is 25.5 Å². The molecule has 0 radical (unpaired) electrons. The highest BCUT2D eigenvalue weighted by molar-refractivity contribution is 7.47. The number of allylic oxidation sites excluding steroid dienone is 8. The molecule has 0 aromatic rings. The number of carbonyl (C=O) groups is 1. The molecule has 47 heavy (non-hydrogen) atoms. The average Bonchev–Trinajstić information content (AvgIpc) is 3.01. The maximum atomic E-state index is 12.7. The van der Waals surface area contributed by atoms with Gasteiger partial charge in [0.2, 0.25) is 5.91 Å². The fourth-order valence-electron chi connectivity index (χ4n) is 4.88. The third-order valence-corrected chi connectivity index (χ3v) is 8.84. The zero-order chi connectivity index (χ0) is 35.1. The van der Waals surface area contributed by atoms with E-state index in [1.165, 1.54) is 57.8 Å². The molecule has 0 fully saturated rings. The van der Waals surface area contributed by atoms with Crippen LogP contribution in [-0.4, -0.2) is 73.4 Å². The predicted octanol–water partition coefficient (Wildman–Crippen LogP) is 9.35. The SMILES string of the molecule is CC/C=C\C/C=C\C/C=C\C/C=C\CCC(=O)NC(COP(=O)(O)OCC[N+](C)(C)C)C(O)CCCCCCCCCCCCCC. The van der Waals surface area contributed by atoms with Gasteiger partial charge in [-0.05, 0) is 38.5 Å². The number of phosphoric acid groups is 1. The summed E-state index contributed by atoms with van der Waals surface area (Å²) in [6, 6.07) is -0.796. The van der Waals surface area contributed by atoms with Gasteiger partial charge in [-0.1, -0.05) is 140 Å². The smallest absolute Gasteiger partial charge is 0.391 e. The molecule has 1 amide bonds. The number of aliphatic hydroxyl groups excluding tert-OH is 1. The molecule has 0 bridgehead atoms. The lowest BCUT2D eigenvalue weighted by Crippen LogP contribution is -2.46. The highest BCUT2D eigenvalue weighted by atomic mass is 31.2. The monoisotopic (exact) mass is 684 g/mol. The zero-order valence-electron chi connectivity index (χ0n) is 30.8. The summed E-state index contributed by atoms with van der Waals surface area (Å²) in [7, 11) is 1.56. The number of hydrogen-bond donors (Lipinski definition) is 3. The summed E-state index contributed by atoms with van der Waals surface area (Å²) < 4.78 is 23.4. The fourth-order valence-corrected chi connectivity index (χ4v) is 5.61. The Bertz CT molecular complexity index is 912. The number of carbonyl (C=O) groups excluding carboxylic acids is 1. The van der Waals surface area contributed by atoms with Crippen LogP contribution in [0.1, 0.15) is 136 Å². The van der Waals surface area contributed by atoms with Gasteiger partial charge in [-0.3, -0.25) is 13.8 Å². The molecule has 274 valence electrons. The van der Waals surface area contributed by atoms with Gasteiger partial charge in [-0.15, -0.1) is 0 Å². The Morgan fingerprint density at radius 2 is 1.23 bits per heavy atom. The van der Waals surface area contributed by atoms with Crippen molar-refractivity contribution in [1.29, 1.82) is 0 Å². The number of hydrogen-bond acceptors (Lipinski definition) is 5. The molecule has 0 saturated heterocycles. The molecule has 0 heterocycles. The third-order valence-electron chi connectivity index (χ3n) is 7.85.